The maximum absolute atomic E-state index is 12.3. The van der Waals surface area contributed by atoms with Crippen molar-refractivity contribution in [3.63, 3.8) is 0 Å². The van der Waals surface area contributed by atoms with Crippen molar-refractivity contribution >= 4 is 23.7 Å². The Morgan fingerprint density at radius 1 is 1.20 bits per heavy atom. The van der Waals surface area contributed by atoms with Crippen LogP contribution in [-0.4, -0.2) is 41.7 Å². The predicted molar refractivity (Wildman–Crippen MR) is 74.2 cm³/mol. The Kier molecular flexibility index (Phi) is 4.08. The van der Waals surface area contributed by atoms with Gasteiger partial charge in [0.25, 0.3) is 5.91 Å². The van der Waals surface area contributed by atoms with Gasteiger partial charge in [0.1, 0.15) is 0 Å². The predicted octanol–water partition coefficient (Wildman–Crippen LogP) is 1.57. The molecule has 0 spiro atoms. The second-order valence-corrected chi connectivity index (χ2v) is 4.92. The molecule has 104 valence electrons. The Hall–Kier alpha value is -2.30. The lowest BCUT2D eigenvalue weighted by Gasteiger charge is -2.16. The largest absolute Gasteiger partial charge is 0.338 e. The molecule has 1 aliphatic rings. The zero-order valence-corrected chi connectivity index (χ0v) is 11.3. The first-order valence-electron chi connectivity index (χ1n) is 6.47. The summed E-state index contributed by atoms with van der Waals surface area (Å²) < 4.78 is 0. The van der Waals surface area contributed by atoms with Crippen LogP contribution in [0.1, 0.15) is 34.1 Å². The average Bonchev–Trinajstić information content (AvgIpc) is 2.95. The minimum Gasteiger partial charge on any atom is -0.338 e. The SMILES string of the molecule is CC(=O)c1ccc(C(=O)N2CC[C@H](C(=O)C=N)C2)cc1. The summed E-state index contributed by atoms with van der Waals surface area (Å²) >= 11 is 0. The van der Waals surface area contributed by atoms with Crippen LogP contribution >= 0.6 is 0 Å². The van der Waals surface area contributed by atoms with E-state index < -0.39 is 0 Å². The molecule has 1 aliphatic heterocycles. The summed E-state index contributed by atoms with van der Waals surface area (Å²) in [7, 11) is 0. The minimum absolute atomic E-state index is 0.0400. The number of ketones is 2. The smallest absolute Gasteiger partial charge is 0.253 e. The number of nitrogens with zero attached hydrogens (tertiary/aromatic N) is 1. The van der Waals surface area contributed by atoms with Crippen molar-refractivity contribution in [2.24, 2.45) is 5.92 Å². The van der Waals surface area contributed by atoms with Gasteiger partial charge in [0.05, 0.1) is 6.21 Å². The molecule has 1 atom stereocenters. The van der Waals surface area contributed by atoms with E-state index in [9.17, 15) is 14.4 Å². The summed E-state index contributed by atoms with van der Waals surface area (Å²) in [5, 5.41) is 6.96. The Labute approximate surface area is 117 Å². The summed E-state index contributed by atoms with van der Waals surface area (Å²) in [6, 6.07) is 6.52. The monoisotopic (exact) mass is 272 g/mol. The van der Waals surface area contributed by atoms with Crippen molar-refractivity contribution in [3.8, 4) is 0 Å². The fourth-order valence-electron chi connectivity index (χ4n) is 2.32. The molecule has 1 aromatic carbocycles. The van der Waals surface area contributed by atoms with Crippen molar-refractivity contribution in [1.29, 1.82) is 5.41 Å². The molecule has 1 saturated heterocycles. The lowest BCUT2D eigenvalue weighted by Crippen LogP contribution is -2.30. The number of rotatable bonds is 4. The summed E-state index contributed by atoms with van der Waals surface area (Å²) in [5.74, 6) is -0.664. The van der Waals surface area contributed by atoms with Crippen molar-refractivity contribution in [2.75, 3.05) is 13.1 Å². The third-order valence-electron chi connectivity index (χ3n) is 3.56. The van der Waals surface area contributed by atoms with E-state index in [1.54, 1.807) is 29.2 Å². The van der Waals surface area contributed by atoms with Gasteiger partial charge < -0.3 is 10.3 Å². The van der Waals surface area contributed by atoms with E-state index in [1.165, 1.54) is 6.92 Å². The van der Waals surface area contributed by atoms with Gasteiger partial charge in [-0.05, 0) is 25.5 Å². The first-order chi connectivity index (χ1) is 9.52. The molecule has 20 heavy (non-hydrogen) atoms. The van der Waals surface area contributed by atoms with Crippen LogP contribution < -0.4 is 0 Å². The summed E-state index contributed by atoms with van der Waals surface area (Å²) in [6.07, 6.45) is 1.42. The van der Waals surface area contributed by atoms with Crippen LogP contribution in [-0.2, 0) is 4.79 Å². The zero-order valence-electron chi connectivity index (χ0n) is 11.3. The highest BCUT2D eigenvalue weighted by atomic mass is 16.2. The molecule has 1 aromatic rings. The number of amides is 1. The first kappa shape index (κ1) is 14.1. The van der Waals surface area contributed by atoms with Gasteiger partial charge in [-0.1, -0.05) is 12.1 Å². The van der Waals surface area contributed by atoms with E-state index >= 15 is 0 Å². The molecule has 1 amide bonds. The van der Waals surface area contributed by atoms with Crippen LogP contribution in [0.3, 0.4) is 0 Å². The molecule has 5 heteroatoms. The molecule has 1 N–H and O–H groups in total. The van der Waals surface area contributed by atoms with Crippen molar-refractivity contribution in [3.05, 3.63) is 35.4 Å². The van der Waals surface area contributed by atoms with Crippen LogP contribution in [0.25, 0.3) is 0 Å². The normalized spacial score (nSPS) is 17.9. The number of hydrogen-bond acceptors (Lipinski definition) is 4. The molecule has 0 unspecified atom stereocenters. The molecular weight excluding hydrogens is 256 g/mol. The number of carbonyl (C=O) groups excluding carboxylic acids is 3. The molecule has 0 aliphatic carbocycles. The fraction of sp³-hybridized carbons (Fsp3) is 0.333. The van der Waals surface area contributed by atoms with E-state index in [-0.39, 0.29) is 23.4 Å². The first-order valence-corrected chi connectivity index (χ1v) is 6.47. The van der Waals surface area contributed by atoms with E-state index in [2.05, 4.69) is 0 Å². The summed E-state index contributed by atoms with van der Waals surface area (Å²) in [4.78, 5) is 36.5. The molecule has 0 radical (unpaired) electrons. The van der Waals surface area contributed by atoms with Gasteiger partial charge in [-0.15, -0.1) is 0 Å². The maximum Gasteiger partial charge on any atom is 0.253 e. The standard InChI is InChI=1S/C15H16N2O3/c1-10(18)11-2-4-12(5-3-11)15(20)17-7-6-13(9-17)14(19)8-16/h2-5,8,13,16H,6-7,9H2,1H3/t13-/m0/s1. The average molecular weight is 272 g/mol. The van der Waals surface area contributed by atoms with Gasteiger partial charge in [-0.25, -0.2) is 0 Å². The van der Waals surface area contributed by atoms with Gasteiger partial charge in [-0.2, -0.15) is 0 Å². The second-order valence-electron chi connectivity index (χ2n) is 4.92. The molecular formula is C15H16N2O3. The number of hydrogen-bond donors (Lipinski definition) is 1. The van der Waals surface area contributed by atoms with Gasteiger partial charge in [0, 0.05) is 30.1 Å². The van der Waals surface area contributed by atoms with Crippen LogP contribution in [0.2, 0.25) is 0 Å². The van der Waals surface area contributed by atoms with Crippen molar-refractivity contribution < 1.29 is 14.4 Å². The molecule has 1 fully saturated rings. The van der Waals surface area contributed by atoms with Crippen LogP contribution in [0.5, 0.6) is 0 Å². The zero-order chi connectivity index (χ0) is 14.7. The fourth-order valence-corrected chi connectivity index (χ4v) is 2.32. The molecule has 0 bridgehead atoms. The molecule has 1 heterocycles. The van der Waals surface area contributed by atoms with Crippen LogP contribution in [0, 0.1) is 11.3 Å². The number of nitrogens with one attached hydrogen (secondary N) is 1. The highest BCUT2D eigenvalue weighted by Gasteiger charge is 2.30. The Balaban J connectivity index is 2.07. The molecule has 0 aromatic heterocycles. The lowest BCUT2D eigenvalue weighted by atomic mass is 10.0. The Morgan fingerprint density at radius 3 is 2.35 bits per heavy atom. The van der Waals surface area contributed by atoms with Gasteiger partial charge >= 0.3 is 0 Å². The highest BCUT2D eigenvalue weighted by molar-refractivity contribution is 6.27. The van der Waals surface area contributed by atoms with E-state index in [1.807, 2.05) is 0 Å². The van der Waals surface area contributed by atoms with Gasteiger partial charge in [0.2, 0.25) is 0 Å². The Morgan fingerprint density at radius 2 is 1.80 bits per heavy atom. The molecule has 5 nitrogen and oxygen atoms in total. The van der Waals surface area contributed by atoms with E-state index in [0.29, 0.717) is 30.6 Å². The number of likely N-dealkylation sites (tertiary alicyclic amines) is 1. The quantitative estimate of drug-likeness (QED) is 0.667. The van der Waals surface area contributed by atoms with Crippen LogP contribution in [0.15, 0.2) is 24.3 Å². The van der Waals surface area contributed by atoms with Gasteiger partial charge in [0.15, 0.2) is 11.6 Å². The number of benzene rings is 1. The minimum atomic E-state index is -0.257. The summed E-state index contributed by atoms with van der Waals surface area (Å²) in [6.45, 7) is 2.36. The maximum atomic E-state index is 12.3. The van der Waals surface area contributed by atoms with Crippen molar-refractivity contribution in [1.82, 2.24) is 4.90 Å². The lowest BCUT2D eigenvalue weighted by molar-refractivity contribution is -0.115. The molecule has 2 rings (SSSR count). The van der Waals surface area contributed by atoms with Crippen molar-refractivity contribution in [2.45, 2.75) is 13.3 Å². The van der Waals surface area contributed by atoms with Crippen LogP contribution in [0.4, 0.5) is 0 Å². The second kappa shape index (κ2) is 5.77. The molecule has 0 saturated carbocycles. The number of Topliss-reactive ketones (excluding diaryl/α,β-unsaturated/α-hetero) is 2. The number of carbonyl (C=O) groups is 3. The highest BCUT2D eigenvalue weighted by Crippen LogP contribution is 2.19. The third-order valence-corrected chi connectivity index (χ3v) is 3.56. The Bertz CT molecular complexity index is 563. The van der Waals surface area contributed by atoms with E-state index in [0.717, 1.165) is 6.21 Å². The summed E-state index contributed by atoms with van der Waals surface area (Å²) in [5.41, 5.74) is 1.08. The topological polar surface area (TPSA) is 78.3 Å². The van der Waals surface area contributed by atoms with E-state index in [4.69, 9.17) is 5.41 Å². The third kappa shape index (κ3) is 2.82. The van der Waals surface area contributed by atoms with Gasteiger partial charge in [-0.3, -0.25) is 14.4 Å².